The minimum Gasteiger partial charge on any atom is -0.312 e. The third kappa shape index (κ3) is 3.14. The van der Waals surface area contributed by atoms with E-state index in [1.54, 1.807) is 0 Å². The molecule has 1 heterocycles. The van der Waals surface area contributed by atoms with E-state index in [1.807, 2.05) is 0 Å². The van der Waals surface area contributed by atoms with E-state index >= 15 is 0 Å². The van der Waals surface area contributed by atoms with Crippen LogP contribution in [0.25, 0.3) is 10.6 Å². The summed E-state index contributed by atoms with van der Waals surface area (Å²) in [6, 6.07) is 3.95. The molecule has 0 radical (unpaired) electrons. The third-order valence-corrected chi connectivity index (χ3v) is 4.67. The van der Waals surface area contributed by atoms with Gasteiger partial charge in [0.25, 0.3) is 0 Å². The average molecular weight is 308 g/mol. The molecule has 0 spiro atoms. The third-order valence-electron chi connectivity index (χ3n) is 3.58. The minimum absolute atomic E-state index is 0.00569. The van der Waals surface area contributed by atoms with Crippen molar-refractivity contribution in [2.24, 2.45) is 0 Å². The van der Waals surface area contributed by atoms with Crippen LogP contribution in [0.1, 0.15) is 42.7 Å². The second-order valence-corrected chi connectivity index (χ2v) is 6.46. The van der Waals surface area contributed by atoms with Crippen molar-refractivity contribution in [2.45, 2.75) is 38.6 Å². The number of rotatable bonds is 6. The van der Waals surface area contributed by atoms with Crippen LogP contribution < -0.4 is 5.32 Å². The van der Waals surface area contributed by atoms with Crippen molar-refractivity contribution in [1.82, 2.24) is 10.3 Å². The van der Waals surface area contributed by atoms with Gasteiger partial charge in [-0.1, -0.05) is 13.0 Å². The van der Waals surface area contributed by atoms with Gasteiger partial charge in [0.1, 0.15) is 16.6 Å². The monoisotopic (exact) mass is 308 g/mol. The van der Waals surface area contributed by atoms with E-state index in [0.717, 1.165) is 42.9 Å². The van der Waals surface area contributed by atoms with Crippen LogP contribution in [0.3, 0.4) is 0 Å². The molecule has 0 saturated heterocycles. The van der Waals surface area contributed by atoms with Gasteiger partial charge in [0, 0.05) is 17.3 Å². The fourth-order valence-electron chi connectivity index (χ4n) is 2.35. The molecule has 1 aliphatic carbocycles. The molecular formula is C16H18F2N2S. The van der Waals surface area contributed by atoms with Crippen LogP contribution in [-0.4, -0.2) is 11.5 Å². The number of aromatic nitrogens is 1. The molecule has 1 fully saturated rings. The molecule has 3 rings (SSSR count). The molecule has 1 N–H and O–H groups in total. The molecule has 0 unspecified atom stereocenters. The topological polar surface area (TPSA) is 24.9 Å². The summed E-state index contributed by atoms with van der Waals surface area (Å²) in [4.78, 5) is 5.66. The Morgan fingerprint density at radius 2 is 2.00 bits per heavy atom. The Morgan fingerprint density at radius 1 is 1.29 bits per heavy atom. The molecule has 2 nitrogen and oxygen atoms in total. The lowest BCUT2D eigenvalue weighted by Gasteiger charge is -2.02. The van der Waals surface area contributed by atoms with Crippen LogP contribution in [0, 0.1) is 11.6 Å². The quantitative estimate of drug-likeness (QED) is 0.797. The van der Waals surface area contributed by atoms with E-state index in [9.17, 15) is 8.78 Å². The van der Waals surface area contributed by atoms with Crippen LogP contribution in [-0.2, 0) is 6.54 Å². The van der Waals surface area contributed by atoms with Gasteiger partial charge in [0.05, 0.1) is 11.3 Å². The molecule has 0 bridgehead atoms. The van der Waals surface area contributed by atoms with Crippen molar-refractivity contribution in [3.05, 3.63) is 40.4 Å². The Hall–Kier alpha value is -1.33. The SMILES string of the molecule is CCCNCc1sc(-c2c(F)cccc2F)nc1C1CC1. The molecule has 0 atom stereocenters. The largest absolute Gasteiger partial charge is 0.312 e. The highest BCUT2D eigenvalue weighted by Gasteiger charge is 2.30. The summed E-state index contributed by atoms with van der Waals surface area (Å²) in [5.74, 6) is -0.610. The molecule has 0 amide bonds. The molecule has 1 aliphatic rings. The van der Waals surface area contributed by atoms with Crippen molar-refractivity contribution in [3.63, 3.8) is 0 Å². The minimum atomic E-state index is -0.542. The predicted octanol–water partition coefficient (Wildman–Crippen LogP) is 4.47. The van der Waals surface area contributed by atoms with E-state index in [0.29, 0.717) is 10.9 Å². The van der Waals surface area contributed by atoms with E-state index < -0.39 is 11.6 Å². The number of hydrogen-bond donors (Lipinski definition) is 1. The highest BCUT2D eigenvalue weighted by molar-refractivity contribution is 7.15. The van der Waals surface area contributed by atoms with E-state index in [1.165, 1.54) is 29.5 Å². The van der Waals surface area contributed by atoms with Gasteiger partial charge in [0.2, 0.25) is 0 Å². The molecule has 1 saturated carbocycles. The maximum absolute atomic E-state index is 13.9. The van der Waals surface area contributed by atoms with E-state index in [-0.39, 0.29) is 5.56 Å². The number of benzene rings is 1. The summed E-state index contributed by atoms with van der Waals surface area (Å²) >= 11 is 1.41. The summed E-state index contributed by atoms with van der Waals surface area (Å²) in [5.41, 5.74) is 1.03. The summed E-state index contributed by atoms with van der Waals surface area (Å²) in [7, 11) is 0. The first kappa shape index (κ1) is 14.6. The first-order chi connectivity index (χ1) is 10.2. The van der Waals surface area contributed by atoms with Gasteiger partial charge in [0.15, 0.2) is 0 Å². The van der Waals surface area contributed by atoms with Gasteiger partial charge in [-0.15, -0.1) is 11.3 Å². The average Bonchev–Trinajstić information content (AvgIpc) is 3.21. The first-order valence-electron chi connectivity index (χ1n) is 7.35. The summed E-state index contributed by atoms with van der Waals surface area (Å²) in [6.07, 6.45) is 3.32. The van der Waals surface area contributed by atoms with Gasteiger partial charge in [-0.3, -0.25) is 0 Å². The van der Waals surface area contributed by atoms with Crippen LogP contribution in [0.2, 0.25) is 0 Å². The van der Waals surface area contributed by atoms with Crippen LogP contribution in [0.15, 0.2) is 18.2 Å². The molecule has 2 aromatic rings. The normalized spacial score (nSPS) is 14.6. The summed E-state index contributed by atoms with van der Waals surface area (Å²) < 4.78 is 27.8. The lowest BCUT2D eigenvalue weighted by molar-refractivity contribution is 0.589. The Labute approximate surface area is 127 Å². The van der Waals surface area contributed by atoms with Crippen molar-refractivity contribution in [1.29, 1.82) is 0 Å². The maximum atomic E-state index is 13.9. The Morgan fingerprint density at radius 3 is 2.62 bits per heavy atom. The molecule has 1 aromatic carbocycles. The molecule has 5 heteroatoms. The van der Waals surface area contributed by atoms with Gasteiger partial charge in [-0.2, -0.15) is 0 Å². The van der Waals surface area contributed by atoms with Gasteiger partial charge >= 0.3 is 0 Å². The van der Waals surface area contributed by atoms with Gasteiger partial charge in [-0.25, -0.2) is 13.8 Å². The Kier molecular flexibility index (Phi) is 4.31. The van der Waals surface area contributed by atoms with Crippen molar-refractivity contribution in [2.75, 3.05) is 6.54 Å². The molecular weight excluding hydrogens is 290 g/mol. The Bertz CT molecular complexity index is 615. The first-order valence-corrected chi connectivity index (χ1v) is 8.17. The standard InChI is InChI=1S/C16H18F2N2S/c1-2-8-19-9-13-15(10-6-7-10)20-16(21-13)14-11(17)4-3-5-12(14)18/h3-5,10,19H,2,6-9H2,1H3. The van der Waals surface area contributed by atoms with E-state index in [2.05, 4.69) is 17.2 Å². The lowest BCUT2D eigenvalue weighted by atomic mass is 10.2. The molecule has 0 aliphatic heterocycles. The zero-order chi connectivity index (χ0) is 14.8. The van der Waals surface area contributed by atoms with Gasteiger partial charge < -0.3 is 5.32 Å². The Balaban J connectivity index is 1.94. The number of nitrogens with one attached hydrogen (secondary N) is 1. The summed E-state index contributed by atoms with van der Waals surface area (Å²) in [5, 5.41) is 3.81. The number of halogens is 2. The van der Waals surface area contributed by atoms with Crippen LogP contribution in [0.4, 0.5) is 8.78 Å². The van der Waals surface area contributed by atoms with E-state index in [4.69, 9.17) is 0 Å². The number of hydrogen-bond acceptors (Lipinski definition) is 3. The van der Waals surface area contributed by atoms with Crippen molar-refractivity contribution in [3.8, 4) is 10.6 Å². The molecule has 112 valence electrons. The highest BCUT2D eigenvalue weighted by Crippen LogP contribution is 2.44. The molecule has 1 aromatic heterocycles. The highest BCUT2D eigenvalue weighted by atomic mass is 32.1. The zero-order valence-corrected chi connectivity index (χ0v) is 12.8. The van der Waals surface area contributed by atoms with Crippen LogP contribution in [0.5, 0.6) is 0 Å². The van der Waals surface area contributed by atoms with Crippen molar-refractivity contribution >= 4 is 11.3 Å². The zero-order valence-electron chi connectivity index (χ0n) is 12.0. The second-order valence-electron chi connectivity index (χ2n) is 5.38. The smallest absolute Gasteiger partial charge is 0.136 e. The number of nitrogens with zero attached hydrogens (tertiary/aromatic N) is 1. The summed E-state index contributed by atoms with van der Waals surface area (Å²) in [6.45, 7) is 3.78. The maximum Gasteiger partial charge on any atom is 0.136 e. The van der Waals surface area contributed by atoms with Crippen molar-refractivity contribution < 1.29 is 8.78 Å². The molecule has 21 heavy (non-hydrogen) atoms. The number of thiazole rings is 1. The van der Waals surface area contributed by atoms with Crippen LogP contribution >= 0.6 is 11.3 Å². The lowest BCUT2D eigenvalue weighted by Crippen LogP contribution is -2.13. The fraction of sp³-hybridized carbons (Fsp3) is 0.438. The second kappa shape index (κ2) is 6.20. The van der Waals surface area contributed by atoms with Gasteiger partial charge in [-0.05, 0) is 37.9 Å². The predicted molar refractivity (Wildman–Crippen MR) is 81.4 cm³/mol. The fourth-order valence-corrected chi connectivity index (χ4v) is 3.52.